The zero-order valence-corrected chi connectivity index (χ0v) is 13.3. The van der Waals surface area contributed by atoms with Crippen molar-refractivity contribution in [1.29, 1.82) is 0 Å². The van der Waals surface area contributed by atoms with Gasteiger partial charge in [0.2, 0.25) is 5.91 Å². The van der Waals surface area contributed by atoms with Crippen LogP contribution >= 0.6 is 11.8 Å². The average Bonchev–Trinajstić information content (AvgIpc) is 3.15. The molecule has 0 radical (unpaired) electrons. The van der Waals surface area contributed by atoms with E-state index in [4.69, 9.17) is 9.47 Å². The van der Waals surface area contributed by atoms with Crippen LogP contribution in [0.2, 0.25) is 0 Å². The van der Waals surface area contributed by atoms with Gasteiger partial charge < -0.3 is 14.4 Å². The minimum Gasteiger partial charge on any atom is -0.346 e. The van der Waals surface area contributed by atoms with Crippen LogP contribution < -0.4 is 4.90 Å². The predicted molar refractivity (Wildman–Crippen MR) is 84.7 cm³/mol. The van der Waals surface area contributed by atoms with E-state index in [-0.39, 0.29) is 23.2 Å². The Kier molecular flexibility index (Phi) is 4.81. The van der Waals surface area contributed by atoms with Gasteiger partial charge in [-0.05, 0) is 18.1 Å². The van der Waals surface area contributed by atoms with E-state index in [1.165, 1.54) is 11.8 Å². The molecule has 2 fully saturated rings. The lowest BCUT2D eigenvalue weighted by atomic mass is 10.1. The highest BCUT2D eigenvalue weighted by Crippen LogP contribution is 2.31. The first kappa shape index (κ1) is 15.5. The monoisotopic (exact) mass is 321 g/mol. The van der Waals surface area contributed by atoms with E-state index in [0.29, 0.717) is 31.9 Å². The van der Waals surface area contributed by atoms with Crippen LogP contribution in [0.4, 0.5) is 5.69 Å². The van der Waals surface area contributed by atoms with Gasteiger partial charge in [0.15, 0.2) is 11.4 Å². The number of hydrogen-bond acceptors (Lipinski definition) is 5. The molecule has 1 unspecified atom stereocenters. The number of benzene rings is 1. The Morgan fingerprint density at radius 2 is 2.14 bits per heavy atom. The molecule has 1 aromatic rings. The van der Waals surface area contributed by atoms with Crippen LogP contribution in [0.15, 0.2) is 24.3 Å². The van der Waals surface area contributed by atoms with E-state index in [1.54, 1.807) is 11.8 Å². The van der Waals surface area contributed by atoms with Gasteiger partial charge in [-0.1, -0.05) is 23.9 Å². The molecule has 5 nitrogen and oxygen atoms in total. The molecule has 0 N–H and O–H groups in total. The van der Waals surface area contributed by atoms with Crippen molar-refractivity contribution in [3.8, 4) is 0 Å². The lowest BCUT2D eigenvalue weighted by Crippen LogP contribution is -2.25. The molecule has 3 rings (SSSR count). The third-order valence-corrected chi connectivity index (χ3v) is 4.85. The van der Waals surface area contributed by atoms with Crippen molar-refractivity contribution >= 4 is 28.5 Å². The van der Waals surface area contributed by atoms with Crippen LogP contribution in [0.1, 0.15) is 25.2 Å². The van der Waals surface area contributed by atoms with Gasteiger partial charge in [0.25, 0.3) is 0 Å². The molecule has 0 aliphatic carbocycles. The van der Waals surface area contributed by atoms with Crippen molar-refractivity contribution < 1.29 is 19.1 Å². The van der Waals surface area contributed by atoms with Crippen LogP contribution in [0.25, 0.3) is 0 Å². The minimum absolute atomic E-state index is 0.100. The Morgan fingerprint density at radius 3 is 2.86 bits per heavy atom. The zero-order chi connectivity index (χ0) is 15.5. The Labute approximate surface area is 134 Å². The standard InChI is InChI=1S/C16H19NO4S/c1-11(18)22-10-12-7-15(19)17(9-12)14-4-2-3-13(8-14)16-20-5-6-21-16/h2-4,8,12,16H,5-7,9-10H2,1H3. The maximum absolute atomic E-state index is 12.2. The van der Waals surface area contributed by atoms with Crippen LogP contribution in [-0.2, 0) is 19.1 Å². The van der Waals surface area contributed by atoms with Crippen molar-refractivity contribution in [2.24, 2.45) is 5.92 Å². The molecule has 2 heterocycles. The van der Waals surface area contributed by atoms with E-state index in [2.05, 4.69) is 0 Å². The Hall–Kier alpha value is -1.37. The van der Waals surface area contributed by atoms with Gasteiger partial charge >= 0.3 is 0 Å². The molecular weight excluding hydrogens is 302 g/mol. The number of amides is 1. The summed E-state index contributed by atoms with van der Waals surface area (Å²) in [6.45, 7) is 3.42. The molecule has 2 saturated heterocycles. The second kappa shape index (κ2) is 6.81. The lowest BCUT2D eigenvalue weighted by Gasteiger charge is -2.19. The molecule has 2 aliphatic rings. The molecule has 0 spiro atoms. The molecule has 2 aliphatic heterocycles. The first-order valence-electron chi connectivity index (χ1n) is 7.40. The average molecular weight is 321 g/mol. The summed E-state index contributed by atoms with van der Waals surface area (Å²) >= 11 is 1.29. The molecule has 1 amide bonds. The minimum atomic E-state index is -0.332. The number of hydrogen-bond donors (Lipinski definition) is 0. The summed E-state index contributed by atoms with van der Waals surface area (Å²) in [4.78, 5) is 25.1. The zero-order valence-electron chi connectivity index (χ0n) is 12.5. The number of carbonyl (C=O) groups is 2. The van der Waals surface area contributed by atoms with Gasteiger partial charge in [0, 0.05) is 36.9 Å². The summed E-state index contributed by atoms with van der Waals surface area (Å²) in [5, 5.41) is 0.100. The van der Waals surface area contributed by atoms with Gasteiger partial charge in [0.05, 0.1) is 13.2 Å². The predicted octanol–water partition coefficient (Wildman–Crippen LogP) is 2.36. The molecule has 1 aromatic carbocycles. The van der Waals surface area contributed by atoms with E-state index >= 15 is 0 Å². The van der Waals surface area contributed by atoms with E-state index in [1.807, 2.05) is 24.3 Å². The topological polar surface area (TPSA) is 55.8 Å². The van der Waals surface area contributed by atoms with Gasteiger partial charge in [-0.2, -0.15) is 0 Å². The molecule has 118 valence electrons. The maximum Gasteiger partial charge on any atom is 0.227 e. The normalized spacial score (nSPS) is 22.5. The largest absolute Gasteiger partial charge is 0.346 e. The first-order valence-corrected chi connectivity index (χ1v) is 8.39. The number of nitrogens with zero attached hydrogens (tertiary/aromatic N) is 1. The summed E-state index contributed by atoms with van der Waals surface area (Å²) in [6.07, 6.45) is 0.169. The fourth-order valence-electron chi connectivity index (χ4n) is 2.77. The summed E-state index contributed by atoms with van der Waals surface area (Å²) in [6, 6.07) is 7.75. The fraction of sp³-hybridized carbons (Fsp3) is 0.500. The number of anilines is 1. The maximum atomic E-state index is 12.2. The third kappa shape index (κ3) is 3.51. The van der Waals surface area contributed by atoms with Gasteiger partial charge in [0.1, 0.15) is 0 Å². The van der Waals surface area contributed by atoms with Crippen molar-refractivity contribution in [1.82, 2.24) is 0 Å². The van der Waals surface area contributed by atoms with Crippen molar-refractivity contribution in [2.75, 3.05) is 30.4 Å². The highest BCUT2D eigenvalue weighted by atomic mass is 32.2. The number of ether oxygens (including phenoxy) is 2. The summed E-state index contributed by atoms with van der Waals surface area (Å²) < 4.78 is 11.0. The van der Waals surface area contributed by atoms with Crippen LogP contribution in [-0.4, -0.2) is 36.5 Å². The molecule has 0 aromatic heterocycles. The summed E-state index contributed by atoms with van der Waals surface area (Å²) in [5.41, 5.74) is 1.81. The van der Waals surface area contributed by atoms with Crippen LogP contribution in [0.3, 0.4) is 0 Å². The molecule has 6 heteroatoms. The first-order chi connectivity index (χ1) is 10.6. The molecule has 0 saturated carbocycles. The van der Waals surface area contributed by atoms with Gasteiger partial charge in [-0.3, -0.25) is 9.59 Å². The third-order valence-electron chi connectivity index (χ3n) is 3.80. The smallest absolute Gasteiger partial charge is 0.227 e. The lowest BCUT2D eigenvalue weighted by molar-refractivity contribution is -0.117. The van der Waals surface area contributed by atoms with Crippen molar-refractivity contribution in [2.45, 2.75) is 19.6 Å². The Morgan fingerprint density at radius 1 is 1.36 bits per heavy atom. The Bertz CT molecular complexity index is 571. The van der Waals surface area contributed by atoms with E-state index in [0.717, 1.165) is 11.3 Å². The SMILES string of the molecule is CC(=O)SCC1CC(=O)N(c2cccc(C3OCCO3)c2)C1. The van der Waals surface area contributed by atoms with Crippen LogP contribution in [0.5, 0.6) is 0 Å². The summed E-state index contributed by atoms with van der Waals surface area (Å²) in [7, 11) is 0. The van der Waals surface area contributed by atoms with E-state index in [9.17, 15) is 9.59 Å². The fourth-order valence-corrected chi connectivity index (χ4v) is 3.46. The highest BCUT2D eigenvalue weighted by molar-refractivity contribution is 8.13. The number of rotatable bonds is 4. The Balaban J connectivity index is 1.69. The number of carbonyl (C=O) groups excluding carboxylic acids is 2. The molecule has 22 heavy (non-hydrogen) atoms. The number of thioether (sulfide) groups is 1. The van der Waals surface area contributed by atoms with Crippen LogP contribution in [0, 0.1) is 5.92 Å². The second-order valence-corrected chi connectivity index (χ2v) is 6.74. The molecule has 0 bridgehead atoms. The quantitative estimate of drug-likeness (QED) is 0.852. The van der Waals surface area contributed by atoms with Gasteiger partial charge in [-0.15, -0.1) is 0 Å². The van der Waals surface area contributed by atoms with E-state index < -0.39 is 0 Å². The van der Waals surface area contributed by atoms with Crippen molar-refractivity contribution in [3.63, 3.8) is 0 Å². The molecular formula is C16H19NO4S. The second-order valence-electron chi connectivity index (χ2n) is 5.55. The highest BCUT2D eigenvalue weighted by Gasteiger charge is 2.31. The van der Waals surface area contributed by atoms with Gasteiger partial charge in [-0.25, -0.2) is 0 Å². The molecule has 1 atom stereocenters. The van der Waals surface area contributed by atoms with Crippen molar-refractivity contribution in [3.05, 3.63) is 29.8 Å². The summed E-state index contributed by atoms with van der Waals surface area (Å²) in [5.74, 6) is 1.04.